The molecule has 1 aliphatic rings. The van der Waals surface area contributed by atoms with Crippen LogP contribution in [-0.4, -0.2) is 55.1 Å². The minimum absolute atomic E-state index is 0.183. The molecular formula is C13H20N4O3S. The van der Waals surface area contributed by atoms with Crippen LogP contribution in [0.25, 0.3) is 0 Å². The lowest BCUT2D eigenvalue weighted by Gasteiger charge is -2.32. The third kappa shape index (κ3) is 4.75. The third-order valence-corrected chi connectivity index (χ3v) is 4.14. The molecule has 1 fully saturated rings. The Morgan fingerprint density at radius 2 is 2.29 bits per heavy atom. The lowest BCUT2D eigenvalue weighted by molar-refractivity contribution is -0.131. The normalized spacial score (nSPS) is 19.5. The second-order valence-corrected chi connectivity index (χ2v) is 7.13. The molecule has 1 aromatic rings. The monoisotopic (exact) mass is 312 g/mol. The van der Waals surface area contributed by atoms with Gasteiger partial charge >= 0.3 is 0 Å². The molecular weight excluding hydrogens is 292 g/mol. The number of carbonyl (C=O) groups is 1. The Hall–Kier alpha value is -1.54. The third-order valence-electron chi connectivity index (χ3n) is 3.48. The van der Waals surface area contributed by atoms with Crippen LogP contribution in [0.2, 0.25) is 0 Å². The highest BCUT2D eigenvalue weighted by Gasteiger charge is 2.25. The number of hydrogen-bond acceptors (Lipinski definition) is 5. The molecule has 0 aliphatic carbocycles. The smallest absolute Gasteiger partial charge is 0.237 e. The largest absolute Gasteiger partial charge is 0.341 e. The first-order valence-corrected chi connectivity index (χ1v) is 8.76. The van der Waals surface area contributed by atoms with Crippen molar-refractivity contribution in [2.75, 3.05) is 25.9 Å². The van der Waals surface area contributed by atoms with Crippen molar-refractivity contribution in [3.8, 4) is 0 Å². The van der Waals surface area contributed by atoms with Crippen molar-refractivity contribution in [3.05, 3.63) is 23.8 Å². The van der Waals surface area contributed by atoms with Gasteiger partial charge in [0.1, 0.15) is 5.82 Å². The maximum atomic E-state index is 12.1. The lowest BCUT2D eigenvalue weighted by Crippen LogP contribution is -2.44. The number of aryl methyl sites for hydroxylation is 1. The molecule has 116 valence electrons. The second-order valence-electron chi connectivity index (χ2n) is 5.30. The number of amides is 1. The van der Waals surface area contributed by atoms with Crippen LogP contribution >= 0.6 is 0 Å². The van der Waals surface area contributed by atoms with E-state index in [1.165, 1.54) is 0 Å². The number of sulfonamides is 1. The zero-order valence-corrected chi connectivity index (χ0v) is 13.1. The van der Waals surface area contributed by atoms with Crippen molar-refractivity contribution in [2.45, 2.75) is 25.7 Å². The molecule has 0 radical (unpaired) electrons. The first-order chi connectivity index (χ1) is 9.85. The topological polar surface area (TPSA) is 92.3 Å². The summed E-state index contributed by atoms with van der Waals surface area (Å²) < 4.78 is 24.3. The molecule has 1 atom stereocenters. The van der Waals surface area contributed by atoms with Crippen LogP contribution in [0.5, 0.6) is 0 Å². The molecule has 0 spiro atoms. The fourth-order valence-electron chi connectivity index (χ4n) is 2.45. The lowest BCUT2D eigenvalue weighted by atomic mass is 9.94. The molecule has 1 N–H and O–H groups in total. The van der Waals surface area contributed by atoms with E-state index in [1.807, 2.05) is 13.0 Å². The van der Waals surface area contributed by atoms with Gasteiger partial charge in [-0.3, -0.25) is 4.79 Å². The Balaban J connectivity index is 1.99. The molecule has 0 bridgehead atoms. The van der Waals surface area contributed by atoms with Crippen molar-refractivity contribution >= 4 is 15.9 Å². The summed E-state index contributed by atoms with van der Waals surface area (Å²) in [6.45, 7) is 2.88. The quantitative estimate of drug-likeness (QED) is 0.847. The molecule has 2 heterocycles. The summed E-state index contributed by atoms with van der Waals surface area (Å²) in [4.78, 5) is 22.2. The standard InChI is InChI=1S/C13H20N4O3S/c1-10-14-6-5-12(16-10)11-4-3-7-17(9-11)13(18)8-15-21(2,19)20/h5-6,11,15H,3-4,7-9H2,1-2H3. The van der Waals surface area contributed by atoms with E-state index in [0.29, 0.717) is 13.1 Å². The van der Waals surface area contributed by atoms with Crippen LogP contribution in [0.3, 0.4) is 0 Å². The maximum absolute atomic E-state index is 12.1. The van der Waals surface area contributed by atoms with Crippen LogP contribution in [0, 0.1) is 6.92 Å². The van der Waals surface area contributed by atoms with Gasteiger partial charge in [0.05, 0.1) is 12.8 Å². The Morgan fingerprint density at radius 1 is 1.52 bits per heavy atom. The van der Waals surface area contributed by atoms with E-state index in [1.54, 1.807) is 11.1 Å². The first kappa shape index (κ1) is 15.8. The zero-order valence-electron chi connectivity index (χ0n) is 12.2. The summed E-state index contributed by atoms with van der Waals surface area (Å²) in [5.41, 5.74) is 0.941. The SMILES string of the molecule is Cc1nccc(C2CCCN(C(=O)CNS(C)(=O)=O)C2)n1. The number of carbonyl (C=O) groups excluding carboxylic acids is 1. The van der Waals surface area contributed by atoms with E-state index in [0.717, 1.165) is 30.6 Å². The molecule has 1 unspecified atom stereocenters. The average Bonchev–Trinajstić information content (AvgIpc) is 2.44. The van der Waals surface area contributed by atoms with Gasteiger partial charge in [-0.25, -0.2) is 23.1 Å². The Morgan fingerprint density at radius 3 is 2.95 bits per heavy atom. The summed E-state index contributed by atoms with van der Waals surface area (Å²) in [5, 5.41) is 0. The Kier molecular flexibility index (Phi) is 4.89. The summed E-state index contributed by atoms with van der Waals surface area (Å²) in [6.07, 6.45) is 4.63. The molecule has 7 nitrogen and oxygen atoms in total. The number of nitrogens with zero attached hydrogens (tertiary/aromatic N) is 3. The Labute approximate surface area is 124 Å². The Bertz CT molecular complexity index is 618. The molecule has 21 heavy (non-hydrogen) atoms. The van der Waals surface area contributed by atoms with Gasteiger partial charge in [0.2, 0.25) is 15.9 Å². The van der Waals surface area contributed by atoms with Gasteiger partial charge in [0.25, 0.3) is 0 Å². The highest BCUT2D eigenvalue weighted by Crippen LogP contribution is 2.25. The molecule has 1 saturated heterocycles. The highest BCUT2D eigenvalue weighted by molar-refractivity contribution is 7.88. The van der Waals surface area contributed by atoms with E-state index < -0.39 is 10.0 Å². The minimum atomic E-state index is -3.35. The number of piperidine rings is 1. The van der Waals surface area contributed by atoms with Gasteiger partial charge in [0, 0.05) is 30.9 Å². The van der Waals surface area contributed by atoms with Crippen molar-refractivity contribution in [1.82, 2.24) is 19.6 Å². The predicted molar refractivity (Wildman–Crippen MR) is 78.2 cm³/mol. The van der Waals surface area contributed by atoms with Crippen LogP contribution in [0.1, 0.15) is 30.3 Å². The van der Waals surface area contributed by atoms with Crippen molar-refractivity contribution in [2.24, 2.45) is 0 Å². The van der Waals surface area contributed by atoms with Gasteiger partial charge in [-0.15, -0.1) is 0 Å². The van der Waals surface area contributed by atoms with Gasteiger partial charge < -0.3 is 4.90 Å². The van der Waals surface area contributed by atoms with Crippen LogP contribution < -0.4 is 4.72 Å². The number of rotatable bonds is 4. The zero-order chi connectivity index (χ0) is 15.5. The number of nitrogens with one attached hydrogen (secondary N) is 1. The molecule has 2 rings (SSSR count). The van der Waals surface area contributed by atoms with Crippen LogP contribution in [-0.2, 0) is 14.8 Å². The van der Waals surface area contributed by atoms with E-state index >= 15 is 0 Å². The van der Waals surface area contributed by atoms with E-state index in [9.17, 15) is 13.2 Å². The summed E-state index contributed by atoms with van der Waals surface area (Å²) >= 11 is 0. The van der Waals surface area contributed by atoms with Crippen LogP contribution in [0.15, 0.2) is 12.3 Å². The van der Waals surface area contributed by atoms with Crippen LogP contribution in [0.4, 0.5) is 0 Å². The van der Waals surface area contributed by atoms with E-state index in [-0.39, 0.29) is 18.4 Å². The number of aromatic nitrogens is 2. The van der Waals surface area contributed by atoms with Crippen molar-refractivity contribution < 1.29 is 13.2 Å². The van der Waals surface area contributed by atoms with E-state index in [4.69, 9.17) is 0 Å². The molecule has 0 aromatic carbocycles. The minimum Gasteiger partial charge on any atom is -0.341 e. The molecule has 1 aromatic heterocycles. The fraction of sp³-hybridized carbons (Fsp3) is 0.615. The van der Waals surface area contributed by atoms with Gasteiger partial charge in [-0.05, 0) is 25.8 Å². The van der Waals surface area contributed by atoms with Gasteiger partial charge in [-0.1, -0.05) is 0 Å². The average molecular weight is 312 g/mol. The number of likely N-dealkylation sites (tertiary alicyclic amines) is 1. The second kappa shape index (κ2) is 6.48. The molecule has 1 aliphatic heterocycles. The van der Waals surface area contributed by atoms with Crippen molar-refractivity contribution in [1.29, 1.82) is 0 Å². The van der Waals surface area contributed by atoms with Gasteiger partial charge in [-0.2, -0.15) is 0 Å². The summed E-state index contributed by atoms with van der Waals surface area (Å²) in [5.74, 6) is 0.702. The predicted octanol–water partition coefficient (Wildman–Crippen LogP) is 0.0402. The molecule has 1 amide bonds. The first-order valence-electron chi connectivity index (χ1n) is 6.87. The fourth-order valence-corrected chi connectivity index (χ4v) is 2.84. The van der Waals surface area contributed by atoms with E-state index in [2.05, 4.69) is 14.7 Å². The van der Waals surface area contributed by atoms with Gasteiger partial charge in [0.15, 0.2) is 0 Å². The summed E-state index contributed by atoms with van der Waals surface area (Å²) in [6, 6.07) is 1.88. The van der Waals surface area contributed by atoms with Crippen molar-refractivity contribution in [3.63, 3.8) is 0 Å². The molecule has 0 saturated carbocycles. The maximum Gasteiger partial charge on any atom is 0.237 e. The molecule has 8 heteroatoms. The highest BCUT2D eigenvalue weighted by atomic mass is 32.2. The summed E-state index contributed by atoms with van der Waals surface area (Å²) in [7, 11) is -3.35. The number of hydrogen-bond donors (Lipinski definition) is 1.